The molecule has 2 N–H and O–H groups in total. The summed E-state index contributed by atoms with van der Waals surface area (Å²) in [6.07, 6.45) is 0.762. The van der Waals surface area contributed by atoms with Crippen LogP contribution in [0.1, 0.15) is 45.6 Å². The third-order valence-electron chi connectivity index (χ3n) is 5.37. The minimum absolute atomic E-state index is 0.160. The summed E-state index contributed by atoms with van der Waals surface area (Å²) in [7, 11) is -4.01. The van der Waals surface area contributed by atoms with Crippen molar-refractivity contribution in [2.45, 2.75) is 63.0 Å². The lowest BCUT2D eigenvalue weighted by Gasteiger charge is -2.30. The average Bonchev–Trinajstić information content (AvgIpc) is 3.15. The number of likely N-dealkylation sites (tertiary alicyclic amines) is 1. The minimum Gasteiger partial charge on any atom is -0.481 e. The van der Waals surface area contributed by atoms with Crippen molar-refractivity contribution in [3.8, 4) is 0 Å². The molecule has 3 rings (SSSR count). The fourth-order valence-electron chi connectivity index (χ4n) is 3.94. The minimum atomic E-state index is -4.01. The van der Waals surface area contributed by atoms with Gasteiger partial charge in [0.15, 0.2) is 0 Å². The Kier molecular flexibility index (Phi) is 6.16. The monoisotopic (exact) mass is 452 g/mol. The Labute approximate surface area is 181 Å². The fourth-order valence-corrected chi connectivity index (χ4v) is 5.51. The summed E-state index contributed by atoms with van der Waals surface area (Å²) in [5, 5.41) is 9.50. The van der Waals surface area contributed by atoms with Gasteiger partial charge in [0.2, 0.25) is 15.9 Å². The molecule has 2 unspecified atom stereocenters. The smallest absolute Gasteiger partial charge is 0.329 e. The molecule has 1 heterocycles. The molecule has 31 heavy (non-hydrogen) atoms. The molecule has 1 aromatic rings. The van der Waals surface area contributed by atoms with Gasteiger partial charge in [-0.15, -0.1) is 0 Å². The summed E-state index contributed by atoms with van der Waals surface area (Å²) in [6.45, 7) is 5.38. The molecule has 0 aromatic heterocycles. The highest BCUT2D eigenvalue weighted by Gasteiger charge is 2.67. The van der Waals surface area contributed by atoms with Crippen molar-refractivity contribution < 1.29 is 32.6 Å². The van der Waals surface area contributed by atoms with Gasteiger partial charge in [-0.3, -0.25) is 9.59 Å². The Hall–Kier alpha value is -2.46. The predicted octanol–water partition coefficient (Wildman–Crippen LogP) is 1.28. The number of rotatable bonds is 7. The molecule has 170 valence electrons. The van der Waals surface area contributed by atoms with Crippen molar-refractivity contribution in [2.75, 3.05) is 6.54 Å². The number of hydrogen-bond acceptors (Lipinski definition) is 6. The number of ether oxygens (including phenoxy) is 1. The van der Waals surface area contributed by atoms with E-state index in [-0.39, 0.29) is 18.7 Å². The van der Waals surface area contributed by atoms with Crippen molar-refractivity contribution >= 4 is 27.9 Å². The molecule has 2 fully saturated rings. The van der Waals surface area contributed by atoms with Gasteiger partial charge in [0.05, 0.1) is 11.7 Å². The van der Waals surface area contributed by atoms with Gasteiger partial charge < -0.3 is 14.7 Å². The van der Waals surface area contributed by atoms with E-state index in [0.717, 1.165) is 0 Å². The summed E-state index contributed by atoms with van der Waals surface area (Å²) in [5.74, 6) is -4.10. The van der Waals surface area contributed by atoms with E-state index in [0.29, 0.717) is 18.4 Å². The van der Waals surface area contributed by atoms with Gasteiger partial charge >= 0.3 is 11.9 Å². The first-order valence-electron chi connectivity index (χ1n) is 10.2. The van der Waals surface area contributed by atoms with Crippen LogP contribution >= 0.6 is 0 Å². The van der Waals surface area contributed by atoms with Crippen LogP contribution in [0, 0.1) is 5.92 Å². The van der Waals surface area contributed by atoms with Crippen molar-refractivity contribution in [3.63, 3.8) is 0 Å². The van der Waals surface area contributed by atoms with Crippen molar-refractivity contribution in [1.29, 1.82) is 0 Å². The van der Waals surface area contributed by atoms with Crippen LogP contribution in [0.15, 0.2) is 30.3 Å². The van der Waals surface area contributed by atoms with E-state index >= 15 is 0 Å². The van der Waals surface area contributed by atoms with E-state index < -0.39 is 51.0 Å². The van der Waals surface area contributed by atoms with Crippen LogP contribution < -0.4 is 4.72 Å². The standard InChI is InChI=1S/C21H28N2O7S/c1-20(2,3)30-18(26)16-10-7-11-23(16)19(27)21(12-15(21)17(24)25)22-31(28,29)13-14-8-5-4-6-9-14/h4-6,8-9,15-16,22H,7,10-13H2,1-3H3,(H,24,25)/t15?,16-,21?/m0/s1. The zero-order chi connectivity index (χ0) is 23.0. The second kappa shape index (κ2) is 8.23. The molecule has 0 radical (unpaired) electrons. The van der Waals surface area contributed by atoms with E-state index in [2.05, 4.69) is 4.72 Å². The number of aliphatic carboxylic acids is 1. The van der Waals surface area contributed by atoms with E-state index in [4.69, 9.17) is 4.74 Å². The fraction of sp³-hybridized carbons (Fsp3) is 0.571. The Morgan fingerprint density at radius 1 is 1.23 bits per heavy atom. The lowest BCUT2D eigenvalue weighted by Crippen LogP contribution is -2.55. The summed E-state index contributed by atoms with van der Waals surface area (Å²) in [6, 6.07) is 7.54. The Morgan fingerprint density at radius 2 is 1.87 bits per heavy atom. The molecule has 2 aliphatic rings. The van der Waals surface area contributed by atoms with Gasteiger partial charge in [0.25, 0.3) is 0 Å². The largest absolute Gasteiger partial charge is 0.481 e. The highest BCUT2D eigenvalue weighted by Crippen LogP contribution is 2.47. The van der Waals surface area contributed by atoms with E-state index in [1.54, 1.807) is 51.1 Å². The van der Waals surface area contributed by atoms with Gasteiger partial charge in [0, 0.05) is 6.54 Å². The van der Waals surface area contributed by atoms with Crippen LogP contribution in [0.3, 0.4) is 0 Å². The number of nitrogens with one attached hydrogen (secondary N) is 1. The summed E-state index contributed by atoms with van der Waals surface area (Å²) < 4.78 is 33.3. The molecule has 3 atom stereocenters. The molecule has 1 amide bonds. The zero-order valence-corrected chi connectivity index (χ0v) is 18.6. The molecule has 1 aliphatic carbocycles. The maximum Gasteiger partial charge on any atom is 0.329 e. The number of carboxylic acid groups (broad SMARTS) is 1. The molecule has 1 aliphatic heterocycles. The zero-order valence-electron chi connectivity index (χ0n) is 17.8. The molecule has 1 saturated carbocycles. The Morgan fingerprint density at radius 3 is 2.42 bits per heavy atom. The lowest BCUT2D eigenvalue weighted by atomic mass is 10.1. The van der Waals surface area contributed by atoms with E-state index in [1.807, 2.05) is 0 Å². The molecule has 0 spiro atoms. The van der Waals surface area contributed by atoms with Crippen molar-refractivity contribution in [1.82, 2.24) is 9.62 Å². The maximum atomic E-state index is 13.4. The SMILES string of the molecule is CC(C)(C)OC(=O)[C@@H]1CCCN1C(=O)C1(NS(=O)(=O)Cc2ccccc2)CC1C(=O)O. The highest BCUT2D eigenvalue weighted by atomic mass is 32.2. The number of hydrogen-bond donors (Lipinski definition) is 2. The third-order valence-corrected chi connectivity index (χ3v) is 6.76. The topological polar surface area (TPSA) is 130 Å². The van der Waals surface area contributed by atoms with Crippen LogP contribution in [-0.2, 0) is 34.9 Å². The predicted molar refractivity (Wildman–Crippen MR) is 111 cm³/mol. The number of sulfonamides is 1. The number of amides is 1. The van der Waals surface area contributed by atoms with E-state index in [9.17, 15) is 27.9 Å². The third kappa shape index (κ3) is 5.24. The maximum absolute atomic E-state index is 13.4. The molecule has 1 aromatic carbocycles. The number of carbonyl (C=O) groups excluding carboxylic acids is 2. The van der Waals surface area contributed by atoms with Crippen LogP contribution in [0.2, 0.25) is 0 Å². The van der Waals surface area contributed by atoms with Crippen LogP contribution in [-0.4, -0.2) is 60.0 Å². The summed E-state index contributed by atoms with van der Waals surface area (Å²) in [4.78, 5) is 38.9. The quantitative estimate of drug-likeness (QED) is 0.596. The lowest BCUT2D eigenvalue weighted by molar-refractivity contribution is -0.163. The first kappa shape index (κ1) is 23.2. The summed E-state index contributed by atoms with van der Waals surface area (Å²) >= 11 is 0. The van der Waals surface area contributed by atoms with E-state index in [1.165, 1.54) is 4.90 Å². The second-order valence-electron chi connectivity index (χ2n) is 9.10. The first-order valence-corrected chi connectivity index (χ1v) is 11.8. The molecule has 9 nitrogen and oxygen atoms in total. The van der Waals surface area contributed by atoms with Gasteiger partial charge in [-0.25, -0.2) is 13.2 Å². The Balaban J connectivity index is 1.82. The summed E-state index contributed by atoms with van der Waals surface area (Å²) in [5.41, 5.74) is -2.02. The van der Waals surface area contributed by atoms with Crippen LogP contribution in [0.5, 0.6) is 0 Å². The van der Waals surface area contributed by atoms with Gasteiger partial charge in [-0.05, 0) is 45.6 Å². The van der Waals surface area contributed by atoms with Gasteiger partial charge in [-0.1, -0.05) is 30.3 Å². The van der Waals surface area contributed by atoms with Crippen LogP contribution in [0.25, 0.3) is 0 Å². The van der Waals surface area contributed by atoms with Crippen LogP contribution in [0.4, 0.5) is 0 Å². The molecule has 10 heteroatoms. The first-order chi connectivity index (χ1) is 14.3. The van der Waals surface area contributed by atoms with Crippen molar-refractivity contribution in [2.24, 2.45) is 5.92 Å². The Bertz CT molecular complexity index is 971. The molecule has 0 bridgehead atoms. The number of benzene rings is 1. The van der Waals surface area contributed by atoms with Gasteiger partial charge in [0.1, 0.15) is 17.2 Å². The highest BCUT2D eigenvalue weighted by molar-refractivity contribution is 7.88. The number of nitrogens with zero attached hydrogens (tertiary/aromatic N) is 1. The number of carbonyl (C=O) groups is 3. The number of carboxylic acids is 1. The molecule has 1 saturated heterocycles. The van der Waals surface area contributed by atoms with Crippen molar-refractivity contribution in [3.05, 3.63) is 35.9 Å². The normalized spacial score (nSPS) is 25.8. The number of esters is 1. The molecular weight excluding hydrogens is 424 g/mol. The second-order valence-corrected chi connectivity index (χ2v) is 10.8. The molecular formula is C21H28N2O7S. The average molecular weight is 453 g/mol. The van der Waals surface area contributed by atoms with Gasteiger partial charge in [-0.2, -0.15) is 4.72 Å².